The molecule has 1 atom stereocenters. The van der Waals surface area contributed by atoms with Crippen molar-refractivity contribution in [3.63, 3.8) is 0 Å². The van der Waals surface area contributed by atoms with E-state index < -0.39 is 0 Å². The van der Waals surface area contributed by atoms with E-state index in [-0.39, 0.29) is 0 Å². The molecule has 1 unspecified atom stereocenters. The first kappa shape index (κ1) is 13.7. The van der Waals surface area contributed by atoms with Gasteiger partial charge in [-0.3, -0.25) is 4.90 Å². The third kappa shape index (κ3) is 2.90. The van der Waals surface area contributed by atoms with Gasteiger partial charge in [-0.1, -0.05) is 35.6 Å². The third-order valence-corrected chi connectivity index (χ3v) is 4.65. The first-order valence-electron chi connectivity index (χ1n) is 6.96. The van der Waals surface area contributed by atoms with Gasteiger partial charge in [-0.25, -0.2) is 0 Å². The summed E-state index contributed by atoms with van der Waals surface area (Å²) in [6, 6.07) is 9.13. The summed E-state index contributed by atoms with van der Waals surface area (Å²) in [6.07, 6.45) is 0. The lowest BCUT2D eigenvalue weighted by Gasteiger charge is -2.32. The number of hydrogen-bond acceptors (Lipinski definition) is 5. The molecule has 0 bridgehead atoms. The fourth-order valence-corrected chi connectivity index (χ4v) is 3.19. The van der Waals surface area contributed by atoms with Gasteiger partial charge < -0.3 is 4.74 Å². The van der Waals surface area contributed by atoms with Crippen LogP contribution >= 0.6 is 11.3 Å². The molecule has 1 fully saturated rings. The van der Waals surface area contributed by atoms with E-state index in [1.165, 1.54) is 5.56 Å². The zero-order chi connectivity index (χ0) is 13.9. The Labute approximate surface area is 123 Å². The summed E-state index contributed by atoms with van der Waals surface area (Å²) in [7, 11) is 0. The van der Waals surface area contributed by atoms with Crippen LogP contribution in [0.1, 0.15) is 23.5 Å². The molecule has 3 rings (SSSR count). The van der Waals surface area contributed by atoms with Crippen LogP contribution in [0, 0.1) is 6.92 Å². The molecule has 2 aromatic rings. The molecule has 0 spiro atoms. The number of morpholine rings is 1. The van der Waals surface area contributed by atoms with Crippen LogP contribution in [-0.2, 0) is 4.74 Å². The number of aromatic nitrogens is 2. The van der Waals surface area contributed by atoms with E-state index in [0.29, 0.717) is 6.04 Å². The van der Waals surface area contributed by atoms with Crippen molar-refractivity contribution in [2.45, 2.75) is 19.9 Å². The molecule has 2 heterocycles. The van der Waals surface area contributed by atoms with E-state index in [4.69, 9.17) is 4.74 Å². The third-order valence-electron chi connectivity index (χ3n) is 3.76. The van der Waals surface area contributed by atoms with E-state index in [1.807, 2.05) is 6.92 Å². The summed E-state index contributed by atoms with van der Waals surface area (Å²) in [5.41, 5.74) is 2.49. The lowest BCUT2D eigenvalue weighted by Crippen LogP contribution is -2.37. The molecule has 1 aromatic carbocycles. The van der Waals surface area contributed by atoms with Gasteiger partial charge in [0.1, 0.15) is 10.0 Å². The zero-order valence-corrected chi connectivity index (χ0v) is 12.7. The molecule has 0 amide bonds. The van der Waals surface area contributed by atoms with Crippen molar-refractivity contribution in [2.24, 2.45) is 0 Å². The molecule has 106 valence electrons. The summed E-state index contributed by atoms with van der Waals surface area (Å²) >= 11 is 1.63. The number of rotatable bonds is 3. The maximum atomic E-state index is 5.41. The van der Waals surface area contributed by atoms with Gasteiger partial charge >= 0.3 is 0 Å². The van der Waals surface area contributed by atoms with Gasteiger partial charge in [-0.2, -0.15) is 0 Å². The number of benzene rings is 1. The quantitative estimate of drug-likeness (QED) is 0.871. The van der Waals surface area contributed by atoms with Crippen LogP contribution < -0.4 is 0 Å². The second kappa shape index (κ2) is 5.99. The molecule has 0 N–H and O–H groups in total. The minimum Gasteiger partial charge on any atom is -0.379 e. The average Bonchev–Trinajstić information content (AvgIpc) is 2.94. The van der Waals surface area contributed by atoms with Crippen LogP contribution in [0.2, 0.25) is 0 Å². The Bertz CT molecular complexity index is 561. The van der Waals surface area contributed by atoms with Crippen LogP contribution in [0.25, 0.3) is 10.6 Å². The Morgan fingerprint density at radius 1 is 1.15 bits per heavy atom. The molecule has 1 aromatic heterocycles. The van der Waals surface area contributed by atoms with Gasteiger partial charge in [0.25, 0.3) is 0 Å². The Balaban J connectivity index is 1.75. The largest absolute Gasteiger partial charge is 0.379 e. The lowest BCUT2D eigenvalue weighted by atomic mass is 10.0. The van der Waals surface area contributed by atoms with E-state index >= 15 is 0 Å². The molecule has 20 heavy (non-hydrogen) atoms. The van der Waals surface area contributed by atoms with Gasteiger partial charge in [-0.05, 0) is 19.4 Å². The molecular weight excluding hydrogens is 270 g/mol. The van der Waals surface area contributed by atoms with Crippen molar-refractivity contribution < 1.29 is 4.74 Å². The minimum absolute atomic E-state index is 0.434. The molecule has 4 nitrogen and oxygen atoms in total. The van der Waals surface area contributed by atoms with E-state index in [2.05, 4.69) is 46.3 Å². The first-order chi connectivity index (χ1) is 9.74. The van der Waals surface area contributed by atoms with Crippen molar-refractivity contribution in [1.29, 1.82) is 0 Å². The second-order valence-corrected chi connectivity index (χ2v) is 6.25. The molecular formula is C15H19N3OS. The van der Waals surface area contributed by atoms with E-state index in [0.717, 1.165) is 41.9 Å². The standard InChI is InChI=1S/C15H19N3OS/c1-11(18-7-9-19-10-8-18)13-3-5-14(6-4-13)15-17-16-12(2)20-15/h3-6,11H,7-10H2,1-2H3. The molecule has 1 saturated heterocycles. The fourth-order valence-electron chi connectivity index (χ4n) is 2.49. The Kier molecular flexibility index (Phi) is 4.10. The highest BCUT2D eigenvalue weighted by Crippen LogP contribution is 2.26. The second-order valence-electron chi connectivity index (χ2n) is 5.07. The van der Waals surface area contributed by atoms with Crippen molar-refractivity contribution in [2.75, 3.05) is 26.3 Å². The van der Waals surface area contributed by atoms with Crippen LogP contribution in [0.5, 0.6) is 0 Å². The Morgan fingerprint density at radius 2 is 1.85 bits per heavy atom. The average molecular weight is 289 g/mol. The highest BCUT2D eigenvalue weighted by Gasteiger charge is 2.18. The number of nitrogens with zero attached hydrogens (tertiary/aromatic N) is 3. The van der Waals surface area contributed by atoms with Gasteiger partial charge in [0.05, 0.1) is 13.2 Å². The predicted molar refractivity (Wildman–Crippen MR) is 80.9 cm³/mol. The minimum atomic E-state index is 0.434. The van der Waals surface area contributed by atoms with Gasteiger partial charge in [-0.15, -0.1) is 10.2 Å². The highest BCUT2D eigenvalue weighted by atomic mass is 32.1. The number of aryl methyl sites for hydroxylation is 1. The summed E-state index contributed by atoms with van der Waals surface area (Å²) in [5, 5.41) is 10.3. The van der Waals surface area contributed by atoms with Crippen LogP contribution in [-0.4, -0.2) is 41.4 Å². The normalized spacial score (nSPS) is 18.1. The van der Waals surface area contributed by atoms with Crippen molar-refractivity contribution in [3.05, 3.63) is 34.8 Å². The van der Waals surface area contributed by atoms with Crippen molar-refractivity contribution in [3.8, 4) is 10.6 Å². The zero-order valence-electron chi connectivity index (χ0n) is 11.9. The fraction of sp³-hybridized carbons (Fsp3) is 0.467. The maximum absolute atomic E-state index is 5.41. The summed E-state index contributed by atoms with van der Waals surface area (Å²) < 4.78 is 5.41. The molecule has 5 heteroatoms. The van der Waals surface area contributed by atoms with Gasteiger partial charge in [0, 0.05) is 24.7 Å². The molecule has 0 saturated carbocycles. The SMILES string of the molecule is Cc1nnc(-c2ccc(C(C)N3CCOCC3)cc2)s1. The van der Waals surface area contributed by atoms with Crippen molar-refractivity contribution >= 4 is 11.3 Å². The lowest BCUT2D eigenvalue weighted by molar-refractivity contribution is 0.0198. The van der Waals surface area contributed by atoms with Crippen LogP contribution in [0.4, 0.5) is 0 Å². The van der Waals surface area contributed by atoms with Crippen LogP contribution in [0.3, 0.4) is 0 Å². The van der Waals surface area contributed by atoms with Crippen LogP contribution in [0.15, 0.2) is 24.3 Å². The summed E-state index contributed by atoms with van der Waals surface area (Å²) in [5.74, 6) is 0. The Hall–Kier alpha value is -1.30. The molecule has 0 radical (unpaired) electrons. The first-order valence-corrected chi connectivity index (χ1v) is 7.78. The van der Waals surface area contributed by atoms with E-state index in [9.17, 15) is 0 Å². The number of ether oxygens (including phenoxy) is 1. The molecule has 1 aliphatic heterocycles. The maximum Gasteiger partial charge on any atom is 0.147 e. The smallest absolute Gasteiger partial charge is 0.147 e. The predicted octanol–water partition coefficient (Wildman–Crippen LogP) is 2.91. The highest BCUT2D eigenvalue weighted by molar-refractivity contribution is 7.14. The summed E-state index contributed by atoms with van der Waals surface area (Å²) in [6.45, 7) is 7.95. The topological polar surface area (TPSA) is 38.2 Å². The Morgan fingerprint density at radius 3 is 2.45 bits per heavy atom. The summed E-state index contributed by atoms with van der Waals surface area (Å²) in [4.78, 5) is 2.47. The van der Waals surface area contributed by atoms with Gasteiger partial charge in [0.15, 0.2) is 0 Å². The monoisotopic (exact) mass is 289 g/mol. The van der Waals surface area contributed by atoms with Gasteiger partial charge in [0.2, 0.25) is 0 Å². The van der Waals surface area contributed by atoms with E-state index in [1.54, 1.807) is 11.3 Å². The number of hydrogen-bond donors (Lipinski definition) is 0. The molecule has 0 aliphatic carbocycles. The molecule has 1 aliphatic rings. The van der Waals surface area contributed by atoms with Crippen molar-refractivity contribution in [1.82, 2.24) is 15.1 Å².